The van der Waals surface area contributed by atoms with E-state index in [2.05, 4.69) is 0 Å². The van der Waals surface area contributed by atoms with Crippen molar-refractivity contribution in [2.75, 3.05) is 0 Å². The van der Waals surface area contributed by atoms with Crippen molar-refractivity contribution in [3.05, 3.63) is 0 Å². The molecule has 0 N–H and O–H groups in total. The Kier molecular flexibility index (Phi) is 47.6. The molecule has 72 valence electrons. The van der Waals surface area contributed by atoms with Crippen LogP contribution in [0.1, 0.15) is 0 Å². The molecule has 0 bridgehead atoms. The van der Waals surface area contributed by atoms with Crippen LogP contribution in [-0.4, -0.2) is 113 Å². The summed E-state index contributed by atoms with van der Waals surface area (Å²) in [7, 11) is -10.8. The van der Waals surface area contributed by atoms with E-state index in [9.17, 15) is 0 Å². The summed E-state index contributed by atoms with van der Waals surface area (Å²) in [6.45, 7) is 0. The van der Waals surface area contributed by atoms with E-state index in [4.69, 9.17) is 38.5 Å². The Bertz CT molecular complexity index is 135. The Labute approximate surface area is 200 Å². The average Bonchev–Trinajstić information content (AvgIpc) is 1.12. The molecule has 0 saturated heterocycles. The second kappa shape index (κ2) is 18.3. The molecule has 0 spiro atoms. The molecule has 14 heavy (non-hydrogen) atoms. The third-order valence-corrected chi connectivity index (χ3v) is 0. The summed E-state index contributed by atoms with van der Waals surface area (Å²) >= 11 is 0. The van der Waals surface area contributed by atoms with Crippen LogP contribution >= 0.6 is 15.6 Å². The minimum Gasteiger partial charge on any atom is -0.822 e. The van der Waals surface area contributed by atoms with Gasteiger partial charge in [-0.15, -0.1) is 0 Å². The van der Waals surface area contributed by atoms with E-state index >= 15 is 0 Å². The Morgan fingerprint density at radius 1 is 0.571 bits per heavy atom. The Morgan fingerprint density at radius 3 is 0.571 bits per heavy atom. The van der Waals surface area contributed by atoms with Crippen LogP contribution in [0.15, 0.2) is 0 Å². The van der Waals surface area contributed by atoms with Crippen molar-refractivity contribution in [3.63, 3.8) is 0 Å². The standard InChI is InChI=1S/Ar.3Ca.2H3O4P/c;;;;2*1-5(2,3)4/h;;;;2*(H3,1,2,3,4)/q;3*+2;;/p-6. The average molecular weight is 350 g/mol. The van der Waals surface area contributed by atoms with Crippen LogP contribution in [0, 0.1) is 37.7 Å². The summed E-state index contributed by atoms with van der Waals surface area (Å²) in [5.41, 5.74) is 0. The first-order chi connectivity index (χ1) is 4.00. The van der Waals surface area contributed by atoms with Crippen molar-refractivity contribution in [3.8, 4) is 0 Å². The third kappa shape index (κ3) is 165. The van der Waals surface area contributed by atoms with E-state index in [1.807, 2.05) is 0 Å². The van der Waals surface area contributed by atoms with Gasteiger partial charge in [0.15, 0.2) is 0 Å². The number of phosphoric acid groups is 2. The zero-order valence-corrected chi connectivity index (χ0v) is 15.8. The van der Waals surface area contributed by atoms with Gasteiger partial charge in [-0.25, -0.2) is 0 Å². The molecule has 0 rings (SSSR count). The van der Waals surface area contributed by atoms with Crippen LogP contribution in [0.2, 0.25) is 0 Å². The van der Waals surface area contributed by atoms with Gasteiger partial charge >= 0.3 is 113 Å². The van der Waals surface area contributed by atoms with Crippen LogP contribution in [0.5, 0.6) is 0 Å². The molecule has 0 aliphatic carbocycles. The fourth-order valence-corrected chi connectivity index (χ4v) is 0. The maximum Gasteiger partial charge on any atom is 2.00 e. The van der Waals surface area contributed by atoms with Gasteiger partial charge in [-0.1, -0.05) is 0 Å². The number of rotatable bonds is 0. The summed E-state index contributed by atoms with van der Waals surface area (Å²) in [5.74, 6) is 0. The van der Waals surface area contributed by atoms with Crippen molar-refractivity contribution in [2.24, 2.45) is 0 Å². The monoisotopic (exact) mass is 350 g/mol. The van der Waals surface area contributed by atoms with Gasteiger partial charge in [0.25, 0.3) is 0 Å². The molecule has 0 unspecified atom stereocenters. The molecule has 8 nitrogen and oxygen atoms in total. The van der Waals surface area contributed by atoms with E-state index in [0.717, 1.165) is 0 Å². The molecule has 0 aromatic heterocycles. The maximum atomic E-state index is 8.55. The summed E-state index contributed by atoms with van der Waals surface area (Å²) in [5, 5.41) is 0. The number of hydrogen-bond acceptors (Lipinski definition) is 8. The first kappa shape index (κ1) is 36.5. The second-order valence-electron chi connectivity index (χ2n) is 0.894. The largest absolute Gasteiger partial charge is 2.00 e. The minimum atomic E-state index is -5.39. The molecule has 0 saturated carbocycles. The summed E-state index contributed by atoms with van der Waals surface area (Å²) in [6.07, 6.45) is 0. The fourth-order valence-electron chi connectivity index (χ4n) is 0. The molecule has 0 amide bonds. The molecular formula is ArCa3O8P2. The van der Waals surface area contributed by atoms with Crippen molar-refractivity contribution in [1.29, 1.82) is 0 Å². The molecule has 0 aromatic rings. The molecule has 0 fully saturated rings. The number of hydrogen-bond donors (Lipinski definition) is 0. The summed E-state index contributed by atoms with van der Waals surface area (Å²) < 4.78 is 17.1. The minimum absolute atomic E-state index is 0. The Balaban J connectivity index is -0.0000000178. The van der Waals surface area contributed by atoms with Gasteiger partial charge in [0.1, 0.15) is 0 Å². The quantitative estimate of drug-likeness (QED) is 0.306. The first-order valence-electron chi connectivity index (χ1n) is 1.46. The SMILES string of the molecule is O=P([O-])([O-])[O-].O=P([O-])([O-])[O-].[Ar].[Ca+2].[Ca+2].[Ca+2]. The van der Waals surface area contributed by atoms with Crippen LogP contribution in [0.3, 0.4) is 0 Å². The zero-order chi connectivity index (χ0) is 9.00. The Morgan fingerprint density at radius 2 is 0.571 bits per heavy atom. The normalized spacial score (nSPS) is 8.43. The van der Waals surface area contributed by atoms with E-state index in [-0.39, 0.29) is 151 Å². The van der Waals surface area contributed by atoms with E-state index in [0.29, 0.717) is 0 Å². The van der Waals surface area contributed by atoms with Gasteiger partial charge in [0, 0.05) is 37.7 Å². The topological polar surface area (TPSA) is 172 Å². The summed E-state index contributed by atoms with van der Waals surface area (Å²) in [4.78, 5) is 51.3. The van der Waals surface area contributed by atoms with Crippen LogP contribution in [-0.2, 0) is 9.13 Å². The van der Waals surface area contributed by atoms with Crippen LogP contribution in [0.25, 0.3) is 0 Å². The zero-order valence-electron chi connectivity index (χ0n) is 6.64. The van der Waals surface area contributed by atoms with Gasteiger partial charge in [0.2, 0.25) is 0 Å². The van der Waals surface area contributed by atoms with Crippen molar-refractivity contribution in [1.82, 2.24) is 0 Å². The van der Waals surface area contributed by atoms with Crippen molar-refractivity contribution >= 4 is 129 Å². The van der Waals surface area contributed by atoms with Crippen molar-refractivity contribution in [2.45, 2.75) is 0 Å². The second-order valence-corrected chi connectivity index (χ2v) is 2.68. The van der Waals surface area contributed by atoms with E-state index in [1.54, 1.807) is 0 Å². The molecular weight excluding hydrogens is 350 g/mol. The molecule has 0 radical (unpaired) electrons. The predicted molar refractivity (Wildman–Crippen MR) is 32.5 cm³/mol. The van der Waals surface area contributed by atoms with E-state index < -0.39 is 15.6 Å². The third-order valence-electron chi connectivity index (χ3n) is 0. The molecule has 0 atom stereocenters. The summed E-state index contributed by atoms with van der Waals surface area (Å²) in [6, 6.07) is 0. The van der Waals surface area contributed by atoms with Crippen LogP contribution in [0.4, 0.5) is 0 Å². The molecule has 14 heteroatoms. The Hall–Kier alpha value is 5.26. The molecule has 0 aliphatic heterocycles. The molecule has 0 aliphatic rings. The molecule has 0 aromatic carbocycles. The van der Waals surface area contributed by atoms with Gasteiger partial charge in [-0.2, -0.15) is 15.6 Å². The van der Waals surface area contributed by atoms with Gasteiger partial charge < -0.3 is 38.5 Å². The predicted octanol–water partition coefficient (Wildman–Crippen LogP) is -6.79. The fraction of sp³-hybridized carbons (Fsp3) is 0. The van der Waals surface area contributed by atoms with Gasteiger partial charge in [-0.05, 0) is 0 Å². The van der Waals surface area contributed by atoms with Crippen molar-refractivity contribution < 1.29 is 76.2 Å². The first-order valence-corrected chi connectivity index (χ1v) is 4.38. The van der Waals surface area contributed by atoms with Gasteiger partial charge in [-0.3, -0.25) is 0 Å². The maximum absolute atomic E-state index is 8.55. The van der Waals surface area contributed by atoms with Gasteiger partial charge in [0.05, 0.1) is 0 Å². The van der Waals surface area contributed by atoms with E-state index in [1.165, 1.54) is 0 Å². The molecule has 0 heterocycles. The van der Waals surface area contributed by atoms with Crippen LogP contribution < -0.4 is 29.4 Å². The smallest absolute Gasteiger partial charge is 0.822 e.